The number of hydrogen-bond acceptors (Lipinski definition) is 6. The van der Waals surface area contributed by atoms with Crippen LogP contribution in [0.4, 0.5) is 10.7 Å². The second-order valence-corrected chi connectivity index (χ2v) is 13.1. The predicted molar refractivity (Wildman–Crippen MR) is 162 cm³/mol. The van der Waals surface area contributed by atoms with E-state index >= 15 is 0 Å². The molecule has 0 spiro atoms. The summed E-state index contributed by atoms with van der Waals surface area (Å²) in [6.07, 6.45) is 2.16. The highest BCUT2D eigenvalue weighted by molar-refractivity contribution is 7.92. The van der Waals surface area contributed by atoms with Crippen LogP contribution in [-0.2, 0) is 27.8 Å². The van der Waals surface area contributed by atoms with Gasteiger partial charge in [-0.05, 0) is 61.2 Å². The third-order valence-corrected chi connectivity index (χ3v) is 10.0. The van der Waals surface area contributed by atoms with Crippen LogP contribution < -0.4 is 9.62 Å². The molecule has 0 saturated heterocycles. The van der Waals surface area contributed by atoms with Crippen LogP contribution in [0.1, 0.15) is 64.8 Å². The number of carbonyl (C=O) groups excluding carboxylic acids is 3. The van der Waals surface area contributed by atoms with Crippen LogP contribution in [0.2, 0.25) is 0 Å². The summed E-state index contributed by atoms with van der Waals surface area (Å²) in [5.74, 6) is -0.601. The van der Waals surface area contributed by atoms with Crippen LogP contribution in [0.15, 0.2) is 59.5 Å². The number of fused-ring (bicyclic) bond motifs is 1. The van der Waals surface area contributed by atoms with E-state index in [1.165, 1.54) is 53.9 Å². The highest BCUT2D eigenvalue weighted by atomic mass is 32.2. The standard InChI is InChI=1S/C30H36N4O5S2/c1-5-17-33(18-6-2)30(37)27-25-16-19-34(21(3)35)20-26(25)40-29(27)31-28(36)22-12-14-24(15-13-22)41(38,39)32(4)23-10-8-7-9-11-23/h7-15H,5-6,16-20H2,1-4H3,(H,31,36). The van der Waals surface area contributed by atoms with E-state index in [4.69, 9.17) is 0 Å². The fraction of sp³-hybridized carbons (Fsp3) is 0.367. The van der Waals surface area contributed by atoms with E-state index in [0.717, 1.165) is 23.3 Å². The molecule has 1 aromatic heterocycles. The number of para-hydroxylation sites is 1. The van der Waals surface area contributed by atoms with E-state index in [2.05, 4.69) is 5.32 Å². The fourth-order valence-electron chi connectivity index (χ4n) is 4.89. The van der Waals surface area contributed by atoms with Gasteiger partial charge in [-0.2, -0.15) is 0 Å². The molecule has 4 rings (SSSR count). The van der Waals surface area contributed by atoms with E-state index in [9.17, 15) is 22.8 Å². The molecule has 0 radical (unpaired) electrons. The van der Waals surface area contributed by atoms with E-state index in [1.807, 2.05) is 24.8 Å². The van der Waals surface area contributed by atoms with Crippen molar-refractivity contribution in [3.05, 3.63) is 76.2 Å². The van der Waals surface area contributed by atoms with Crippen molar-refractivity contribution in [2.75, 3.05) is 36.3 Å². The van der Waals surface area contributed by atoms with Crippen LogP contribution in [0.3, 0.4) is 0 Å². The van der Waals surface area contributed by atoms with Crippen LogP contribution in [0.5, 0.6) is 0 Å². The number of thiophene rings is 1. The summed E-state index contributed by atoms with van der Waals surface area (Å²) in [6, 6.07) is 14.5. The molecule has 41 heavy (non-hydrogen) atoms. The summed E-state index contributed by atoms with van der Waals surface area (Å²) in [6.45, 7) is 7.70. The molecular formula is C30H36N4O5S2. The molecule has 9 nitrogen and oxygen atoms in total. The first kappa shape index (κ1) is 30.3. The van der Waals surface area contributed by atoms with Gasteiger partial charge in [0, 0.05) is 44.0 Å². The summed E-state index contributed by atoms with van der Waals surface area (Å²) >= 11 is 1.32. The van der Waals surface area contributed by atoms with Crippen LogP contribution in [0.25, 0.3) is 0 Å². The minimum Gasteiger partial charge on any atom is -0.339 e. The average molecular weight is 597 g/mol. The maximum Gasteiger partial charge on any atom is 0.264 e. The minimum absolute atomic E-state index is 0.0333. The molecule has 0 saturated carbocycles. The first-order valence-electron chi connectivity index (χ1n) is 13.7. The summed E-state index contributed by atoms with van der Waals surface area (Å²) < 4.78 is 27.5. The van der Waals surface area contributed by atoms with Gasteiger partial charge in [0.2, 0.25) is 5.91 Å². The van der Waals surface area contributed by atoms with Crippen LogP contribution >= 0.6 is 11.3 Å². The van der Waals surface area contributed by atoms with Gasteiger partial charge in [-0.15, -0.1) is 11.3 Å². The lowest BCUT2D eigenvalue weighted by Crippen LogP contribution is -2.36. The second-order valence-electron chi connectivity index (χ2n) is 9.98. The Hall–Kier alpha value is -3.70. The highest BCUT2D eigenvalue weighted by Gasteiger charge is 2.31. The Labute approximate surface area is 245 Å². The number of hydrogen-bond donors (Lipinski definition) is 1. The first-order chi connectivity index (χ1) is 19.6. The van der Waals surface area contributed by atoms with E-state index in [0.29, 0.717) is 48.9 Å². The Morgan fingerprint density at radius 2 is 1.61 bits per heavy atom. The van der Waals surface area contributed by atoms with Gasteiger partial charge in [-0.3, -0.25) is 18.7 Å². The lowest BCUT2D eigenvalue weighted by molar-refractivity contribution is -0.129. The molecule has 0 fully saturated rings. The number of sulfonamides is 1. The van der Waals surface area contributed by atoms with Crippen molar-refractivity contribution in [2.24, 2.45) is 0 Å². The first-order valence-corrected chi connectivity index (χ1v) is 16.0. The minimum atomic E-state index is -3.82. The zero-order chi connectivity index (χ0) is 29.7. The molecule has 11 heteroatoms. The van der Waals surface area contributed by atoms with Gasteiger partial charge in [-0.25, -0.2) is 8.42 Å². The van der Waals surface area contributed by atoms with Crippen LogP contribution in [-0.4, -0.2) is 62.6 Å². The van der Waals surface area contributed by atoms with E-state index in [1.54, 1.807) is 29.2 Å². The van der Waals surface area contributed by atoms with Gasteiger partial charge in [0.1, 0.15) is 5.00 Å². The Kier molecular flexibility index (Phi) is 9.49. The Morgan fingerprint density at radius 1 is 0.976 bits per heavy atom. The maximum absolute atomic E-state index is 13.8. The lowest BCUT2D eigenvalue weighted by atomic mass is 10.0. The number of anilines is 2. The number of carbonyl (C=O) groups is 3. The van der Waals surface area contributed by atoms with Gasteiger partial charge < -0.3 is 15.1 Å². The SMILES string of the molecule is CCCN(CCC)C(=O)c1c(NC(=O)c2ccc(S(=O)(=O)N(C)c3ccccc3)cc2)sc2c1CCN(C(C)=O)C2. The zero-order valence-corrected chi connectivity index (χ0v) is 25.5. The molecule has 0 unspecified atom stereocenters. The monoisotopic (exact) mass is 596 g/mol. The van der Waals surface area contributed by atoms with Crippen molar-refractivity contribution in [1.29, 1.82) is 0 Å². The molecule has 1 aliphatic rings. The van der Waals surface area contributed by atoms with Crippen molar-refractivity contribution < 1.29 is 22.8 Å². The highest BCUT2D eigenvalue weighted by Crippen LogP contribution is 2.38. The third-order valence-electron chi connectivity index (χ3n) is 7.11. The molecule has 3 aromatic rings. The molecular weight excluding hydrogens is 560 g/mol. The number of rotatable bonds is 10. The maximum atomic E-state index is 13.8. The van der Waals surface area contributed by atoms with Gasteiger partial charge >= 0.3 is 0 Å². The number of nitrogens with one attached hydrogen (secondary N) is 1. The molecule has 1 aliphatic heterocycles. The Morgan fingerprint density at radius 3 is 2.20 bits per heavy atom. The number of benzene rings is 2. The molecule has 0 atom stereocenters. The summed E-state index contributed by atoms with van der Waals surface area (Å²) in [7, 11) is -2.34. The van der Waals surface area contributed by atoms with Crippen molar-refractivity contribution in [1.82, 2.24) is 9.80 Å². The molecule has 218 valence electrons. The molecule has 0 aliphatic carbocycles. The van der Waals surface area contributed by atoms with Gasteiger partial charge in [0.15, 0.2) is 0 Å². The predicted octanol–water partition coefficient (Wildman–Crippen LogP) is 4.99. The van der Waals surface area contributed by atoms with Crippen molar-refractivity contribution in [3.8, 4) is 0 Å². The Balaban J connectivity index is 1.62. The fourth-order valence-corrected chi connectivity index (χ4v) is 7.33. The van der Waals surface area contributed by atoms with E-state index in [-0.39, 0.29) is 22.3 Å². The summed E-state index contributed by atoms with van der Waals surface area (Å²) in [5.41, 5.74) is 2.17. The molecule has 3 amide bonds. The Bertz CT molecular complexity index is 1510. The number of nitrogens with zero attached hydrogens (tertiary/aromatic N) is 3. The molecule has 2 aromatic carbocycles. The molecule has 2 heterocycles. The van der Waals surface area contributed by atoms with E-state index < -0.39 is 15.9 Å². The summed E-state index contributed by atoms with van der Waals surface area (Å²) in [4.78, 5) is 43.7. The smallest absolute Gasteiger partial charge is 0.264 e. The quantitative estimate of drug-likeness (QED) is 0.355. The van der Waals surface area contributed by atoms with Gasteiger partial charge in [0.25, 0.3) is 21.8 Å². The molecule has 0 bridgehead atoms. The topological polar surface area (TPSA) is 107 Å². The van der Waals surface area contributed by atoms with Crippen molar-refractivity contribution in [2.45, 2.75) is 51.5 Å². The normalized spacial score (nSPS) is 12.9. The van der Waals surface area contributed by atoms with Crippen LogP contribution in [0, 0.1) is 0 Å². The van der Waals surface area contributed by atoms with Crippen molar-refractivity contribution in [3.63, 3.8) is 0 Å². The largest absolute Gasteiger partial charge is 0.339 e. The number of amides is 3. The third kappa shape index (κ3) is 6.46. The average Bonchev–Trinajstić information content (AvgIpc) is 3.33. The van der Waals surface area contributed by atoms with Gasteiger partial charge in [-0.1, -0.05) is 32.0 Å². The zero-order valence-electron chi connectivity index (χ0n) is 23.8. The summed E-state index contributed by atoms with van der Waals surface area (Å²) in [5, 5.41) is 3.38. The second kappa shape index (κ2) is 12.9. The van der Waals surface area contributed by atoms with Crippen molar-refractivity contribution >= 4 is 49.8 Å². The van der Waals surface area contributed by atoms with Gasteiger partial charge in [0.05, 0.1) is 22.7 Å². The molecule has 1 N–H and O–H groups in total. The lowest BCUT2D eigenvalue weighted by Gasteiger charge is -2.27.